The van der Waals surface area contributed by atoms with Crippen LogP contribution in [-0.2, 0) is 32.7 Å². The number of rotatable bonds is 28. The van der Waals surface area contributed by atoms with Crippen LogP contribution in [0.2, 0.25) is 0 Å². The zero-order valence-electron chi connectivity index (χ0n) is 30.8. The van der Waals surface area contributed by atoms with Crippen molar-refractivity contribution in [2.24, 2.45) is 0 Å². The van der Waals surface area contributed by atoms with Crippen molar-refractivity contribution < 1.29 is 63.1 Å². The van der Waals surface area contributed by atoms with Crippen molar-refractivity contribution in [1.29, 1.82) is 0 Å². The maximum atomic E-state index is 12.7. The van der Waals surface area contributed by atoms with E-state index in [-0.39, 0.29) is 12.8 Å². The molecule has 0 amide bonds. The molecule has 1 aliphatic rings. The summed E-state index contributed by atoms with van der Waals surface area (Å²) in [7, 11) is -5.13. The summed E-state index contributed by atoms with van der Waals surface area (Å²) >= 11 is 0. The number of carbonyl (C=O) groups excluding carboxylic acids is 2. The van der Waals surface area contributed by atoms with Gasteiger partial charge in [0.1, 0.15) is 43.2 Å². The monoisotopic (exact) mass is 758 g/mol. The molecule has 7 unspecified atom stereocenters. The van der Waals surface area contributed by atoms with Crippen molar-refractivity contribution in [1.82, 2.24) is 0 Å². The molecule has 0 aliphatic heterocycles. The highest BCUT2D eigenvalue weighted by Crippen LogP contribution is 2.47. The van der Waals surface area contributed by atoms with Gasteiger partial charge in [-0.15, -0.1) is 0 Å². The number of unbranched alkanes of at least 4 members (excludes halogenated alkanes) is 10. The molecule has 0 radical (unpaired) electrons. The maximum absolute atomic E-state index is 12.7. The van der Waals surface area contributed by atoms with Crippen LogP contribution in [-0.4, -0.2) is 98.3 Å². The molecule has 0 aromatic carbocycles. The first kappa shape index (κ1) is 47.6. The van der Waals surface area contributed by atoms with Crippen molar-refractivity contribution in [3.63, 3.8) is 0 Å². The summed E-state index contributed by atoms with van der Waals surface area (Å²) in [4.78, 5) is 35.3. The zero-order chi connectivity index (χ0) is 38.6. The lowest BCUT2D eigenvalue weighted by molar-refractivity contribution is -0.220. The maximum Gasteiger partial charge on any atom is 0.472 e. The van der Waals surface area contributed by atoms with E-state index in [2.05, 4.69) is 19.9 Å². The Labute approximate surface area is 309 Å². The van der Waals surface area contributed by atoms with Gasteiger partial charge in [-0.2, -0.15) is 0 Å². The van der Waals surface area contributed by atoms with Gasteiger partial charge in [-0.05, 0) is 25.7 Å². The zero-order valence-corrected chi connectivity index (χ0v) is 31.7. The average Bonchev–Trinajstić information content (AvgIpc) is 3.12. The number of carbonyl (C=O) groups is 2. The molecule has 1 saturated carbocycles. The van der Waals surface area contributed by atoms with Gasteiger partial charge in [-0.1, -0.05) is 132 Å². The first-order valence-electron chi connectivity index (χ1n) is 18.7. The van der Waals surface area contributed by atoms with Crippen LogP contribution in [0.5, 0.6) is 0 Å². The highest BCUT2D eigenvalue weighted by atomic mass is 31.2. The molecule has 14 heteroatoms. The quantitative estimate of drug-likeness (QED) is 0.0255. The number of phosphoric acid groups is 1. The van der Waals surface area contributed by atoms with E-state index in [1.165, 1.54) is 38.5 Å². The fraction of sp³-hybridized carbons (Fsp3) is 0.684. The summed E-state index contributed by atoms with van der Waals surface area (Å²) in [6.45, 7) is 3.02. The van der Waals surface area contributed by atoms with Gasteiger partial charge in [-0.3, -0.25) is 18.6 Å². The van der Waals surface area contributed by atoms with Crippen LogP contribution in [0.15, 0.2) is 60.8 Å². The lowest BCUT2D eigenvalue weighted by Gasteiger charge is -2.41. The third-order valence-corrected chi connectivity index (χ3v) is 9.24. The SMILES string of the molecule is CC/C=C/C=C/C=C/C=C/C=C/CCCC(=O)OC(COC(=O)CCCCCCCCCCCC)COP(=O)(O)OC1C(O)C(O)C(O)[C@@H](O)C1O. The fourth-order valence-corrected chi connectivity index (χ4v) is 6.17. The minimum absolute atomic E-state index is 0.00106. The number of allylic oxidation sites excluding steroid dienone is 10. The number of hydrogen-bond acceptors (Lipinski definition) is 12. The van der Waals surface area contributed by atoms with Crippen molar-refractivity contribution in [3.05, 3.63) is 60.8 Å². The van der Waals surface area contributed by atoms with Crippen LogP contribution in [0.25, 0.3) is 0 Å². The molecule has 52 heavy (non-hydrogen) atoms. The predicted octanol–water partition coefficient (Wildman–Crippen LogP) is 5.43. The van der Waals surface area contributed by atoms with Crippen LogP contribution in [0.1, 0.15) is 110 Å². The highest BCUT2D eigenvalue weighted by Gasteiger charge is 2.51. The predicted molar refractivity (Wildman–Crippen MR) is 198 cm³/mol. The van der Waals surface area contributed by atoms with E-state index in [1.54, 1.807) is 0 Å². The largest absolute Gasteiger partial charge is 0.472 e. The Morgan fingerprint density at radius 3 is 1.65 bits per heavy atom. The standard InChI is InChI=1S/C38H63O13P/c1-3-5-7-9-11-13-15-16-17-19-21-23-25-27-32(40)50-30(28-48-31(39)26-24-22-20-18-14-12-10-8-6-4-2)29-49-52(46,47)51-38-36(44)34(42)33(41)35(43)37(38)45/h5,7,9,11,13,15-17,19,21,30,33-38,41-45H,3-4,6,8,10,12,14,18,20,22-29H2,1-2H3,(H,46,47)/b7-5+,11-9+,15-13+,17-16+,21-19+/t30?,33?,34-,35?,36?,37?,38?/m1/s1. The fourth-order valence-electron chi connectivity index (χ4n) is 5.20. The van der Waals surface area contributed by atoms with Gasteiger partial charge in [-0.25, -0.2) is 4.57 Å². The number of ether oxygens (including phenoxy) is 2. The summed E-state index contributed by atoms with van der Waals surface area (Å²) in [6.07, 6.45) is 18.9. The summed E-state index contributed by atoms with van der Waals surface area (Å²) in [5, 5.41) is 49.8. The second-order valence-corrected chi connectivity index (χ2v) is 14.2. The van der Waals surface area contributed by atoms with Gasteiger partial charge in [0, 0.05) is 12.8 Å². The molecule has 1 fully saturated rings. The molecule has 13 nitrogen and oxygen atoms in total. The van der Waals surface area contributed by atoms with E-state index >= 15 is 0 Å². The second kappa shape index (κ2) is 29.0. The number of aliphatic hydroxyl groups is 5. The molecule has 1 aliphatic carbocycles. The Morgan fingerprint density at radius 1 is 0.615 bits per heavy atom. The molecule has 0 aromatic heterocycles. The minimum Gasteiger partial charge on any atom is -0.462 e. The second-order valence-electron chi connectivity index (χ2n) is 12.8. The number of esters is 2. The molecule has 0 aromatic rings. The van der Waals surface area contributed by atoms with Gasteiger partial charge in [0.15, 0.2) is 6.10 Å². The number of hydrogen-bond donors (Lipinski definition) is 6. The minimum atomic E-state index is -5.13. The number of phosphoric ester groups is 1. The first-order valence-corrected chi connectivity index (χ1v) is 20.2. The van der Waals surface area contributed by atoms with E-state index < -0.39 is 75.7 Å². The smallest absolute Gasteiger partial charge is 0.462 e. The van der Waals surface area contributed by atoms with Crippen LogP contribution < -0.4 is 0 Å². The molecule has 0 saturated heterocycles. The Balaban J connectivity index is 2.64. The topological polar surface area (TPSA) is 210 Å². The van der Waals surface area contributed by atoms with E-state index in [9.17, 15) is 44.6 Å². The van der Waals surface area contributed by atoms with E-state index in [4.69, 9.17) is 18.5 Å². The summed E-state index contributed by atoms with van der Waals surface area (Å²) in [6, 6.07) is 0. The molecule has 0 spiro atoms. The van der Waals surface area contributed by atoms with Gasteiger partial charge in [0.25, 0.3) is 0 Å². The van der Waals surface area contributed by atoms with Gasteiger partial charge >= 0.3 is 19.8 Å². The normalized spacial score (nSPS) is 24.4. The van der Waals surface area contributed by atoms with Gasteiger partial charge in [0.2, 0.25) is 0 Å². The van der Waals surface area contributed by atoms with Crippen LogP contribution in [0.4, 0.5) is 0 Å². The lowest BCUT2D eigenvalue weighted by atomic mass is 9.85. The molecule has 298 valence electrons. The molecule has 8 atom stereocenters. The lowest BCUT2D eigenvalue weighted by Crippen LogP contribution is -2.64. The number of aliphatic hydroxyl groups excluding tert-OH is 5. The molecule has 6 N–H and O–H groups in total. The highest BCUT2D eigenvalue weighted by molar-refractivity contribution is 7.47. The third kappa shape index (κ3) is 21.9. The van der Waals surface area contributed by atoms with E-state index in [0.717, 1.165) is 25.7 Å². The van der Waals surface area contributed by atoms with Gasteiger partial charge in [0.05, 0.1) is 6.61 Å². The summed E-state index contributed by atoms with van der Waals surface area (Å²) in [5.74, 6) is -1.20. The third-order valence-electron chi connectivity index (χ3n) is 8.25. The van der Waals surface area contributed by atoms with Crippen molar-refractivity contribution in [2.75, 3.05) is 13.2 Å². The average molecular weight is 759 g/mol. The molecule has 1 rings (SSSR count). The Bertz CT molecular complexity index is 1150. The summed E-state index contributed by atoms with van der Waals surface area (Å²) in [5.41, 5.74) is 0. The first-order chi connectivity index (χ1) is 24.9. The molecule has 0 heterocycles. The van der Waals surface area contributed by atoms with Crippen LogP contribution in [0.3, 0.4) is 0 Å². The van der Waals surface area contributed by atoms with Crippen molar-refractivity contribution >= 4 is 19.8 Å². The van der Waals surface area contributed by atoms with Crippen molar-refractivity contribution in [2.45, 2.75) is 153 Å². The Morgan fingerprint density at radius 2 is 1.10 bits per heavy atom. The van der Waals surface area contributed by atoms with E-state index in [0.29, 0.717) is 19.3 Å². The van der Waals surface area contributed by atoms with Crippen LogP contribution >= 0.6 is 7.82 Å². The van der Waals surface area contributed by atoms with Gasteiger partial charge < -0.3 is 39.9 Å². The molecular formula is C38H63O13P. The molecular weight excluding hydrogens is 695 g/mol. The van der Waals surface area contributed by atoms with E-state index in [1.807, 2.05) is 54.7 Å². The van der Waals surface area contributed by atoms with Crippen LogP contribution in [0, 0.1) is 0 Å². The Kier molecular flexibility index (Phi) is 26.5. The summed E-state index contributed by atoms with van der Waals surface area (Å²) < 4.78 is 33.2. The Hall–Kier alpha value is -2.45. The molecule has 0 bridgehead atoms. The van der Waals surface area contributed by atoms with Crippen molar-refractivity contribution in [3.8, 4) is 0 Å².